The molecule has 5 nitrogen and oxygen atoms in total. The van der Waals surface area contributed by atoms with E-state index in [9.17, 15) is 9.59 Å². The molecule has 0 aliphatic heterocycles. The molecule has 0 aromatic heterocycles. The Morgan fingerprint density at radius 2 is 1.94 bits per heavy atom. The zero-order chi connectivity index (χ0) is 13.7. The van der Waals surface area contributed by atoms with E-state index in [0.717, 1.165) is 12.3 Å². The average molecular weight is 256 g/mol. The Bertz CT molecular complexity index is 303. The van der Waals surface area contributed by atoms with Gasteiger partial charge in [0.15, 0.2) is 0 Å². The molecular weight excluding hydrogens is 232 g/mol. The first-order valence-corrected chi connectivity index (χ1v) is 6.72. The van der Waals surface area contributed by atoms with E-state index in [1.165, 1.54) is 12.8 Å². The second-order valence-corrected chi connectivity index (χ2v) is 5.37. The summed E-state index contributed by atoms with van der Waals surface area (Å²) < 4.78 is 0. The minimum Gasteiger partial charge on any atom is -0.480 e. The lowest BCUT2D eigenvalue weighted by atomic mass is 9.99. The number of carbonyl (C=O) groups is 2. The van der Waals surface area contributed by atoms with Gasteiger partial charge in [-0.25, -0.2) is 9.59 Å². The SMILES string of the molecule is CCC(C)C(NC(=O)NCC(C)C1CC1)C(=O)O. The van der Waals surface area contributed by atoms with Gasteiger partial charge in [-0.05, 0) is 30.6 Å². The van der Waals surface area contributed by atoms with Crippen LogP contribution in [0.2, 0.25) is 0 Å². The molecule has 3 atom stereocenters. The lowest BCUT2D eigenvalue weighted by molar-refractivity contribution is -0.140. The molecule has 104 valence electrons. The Morgan fingerprint density at radius 1 is 1.33 bits per heavy atom. The summed E-state index contributed by atoms with van der Waals surface area (Å²) in [7, 11) is 0. The van der Waals surface area contributed by atoms with Crippen molar-refractivity contribution in [2.24, 2.45) is 17.8 Å². The number of carboxylic acids is 1. The largest absolute Gasteiger partial charge is 0.480 e. The van der Waals surface area contributed by atoms with Gasteiger partial charge in [0, 0.05) is 6.54 Å². The molecule has 0 aromatic carbocycles. The normalized spacial score (nSPS) is 19.7. The summed E-state index contributed by atoms with van der Waals surface area (Å²) >= 11 is 0. The molecular formula is C13H24N2O3. The molecule has 0 spiro atoms. The molecule has 1 saturated carbocycles. The van der Waals surface area contributed by atoms with Crippen LogP contribution in [0.1, 0.15) is 40.0 Å². The number of hydrogen-bond acceptors (Lipinski definition) is 2. The minimum absolute atomic E-state index is 0.0749. The van der Waals surface area contributed by atoms with E-state index >= 15 is 0 Å². The fourth-order valence-electron chi connectivity index (χ4n) is 1.96. The van der Waals surface area contributed by atoms with E-state index in [2.05, 4.69) is 17.6 Å². The highest BCUT2D eigenvalue weighted by Gasteiger charge is 2.29. The van der Waals surface area contributed by atoms with Crippen molar-refractivity contribution in [2.75, 3.05) is 6.54 Å². The fraction of sp³-hybridized carbons (Fsp3) is 0.846. The lowest BCUT2D eigenvalue weighted by Gasteiger charge is -2.21. The van der Waals surface area contributed by atoms with Crippen LogP contribution in [0.4, 0.5) is 4.79 Å². The molecule has 0 saturated heterocycles. The van der Waals surface area contributed by atoms with E-state index in [4.69, 9.17) is 5.11 Å². The summed E-state index contributed by atoms with van der Waals surface area (Å²) in [6.07, 6.45) is 3.21. The highest BCUT2D eigenvalue weighted by molar-refractivity contribution is 5.82. The van der Waals surface area contributed by atoms with Gasteiger partial charge in [-0.15, -0.1) is 0 Å². The molecule has 3 unspecified atom stereocenters. The number of rotatable bonds is 7. The molecule has 3 N–H and O–H groups in total. The molecule has 1 aliphatic rings. The maximum Gasteiger partial charge on any atom is 0.326 e. The predicted octanol–water partition coefficient (Wildman–Crippen LogP) is 1.83. The van der Waals surface area contributed by atoms with Crippen molar-refractivity contribution < 1.29 is 14.7 Å². The number of hydrogen-bond donors (Lipinski definition) is 3. The summed E-state index contributed by atoms with van der Waals surface area (Å²) in [5.74, 6) is 0.154. The molecule has 2 amide bonds. The van der Waals surface area contributed by atoms with E-state index in [0.29, 0.717) is 12.5 Å². The molecule has 1 aliphatic carbocycles. The molecule has 1 rings (SSSR count). The third kappa shape index (κ3) is 4.55. The van der Waals surface area contributed by atoms with Gasteiger partial charge < -0.3 is 15.7 Å². The topological polar surface area (TPSA) is 78.4 Å². The van der Waals surface area contributed by atoms with Crippen molar-refractivity contribution in [2.45, 2.75) is 46.1 Å². The van der Waals surface area contributed by atoms with Crippen molar-refractivity contribution in [1.29, 1.82) is 0 Å². The Kier molecular flexibility index (Phi) is 5.44. The van der Waals surface area contributed by atoms with Crippen molar-refractivity contribution in [1.82, 2.24) is 10.6 Å². The van der Waals surface area contributed by atoms with Crippen LogP contribution in [-0.4, -0.2) is 29.7 Å². The van der Waals surface area contributed by atoms with Crippen molar-refractivity contribution in [3.05, 3.63) is 0 Å². The first-order valence-electron chi connectivity index (χ1n) is 6.72. The zero-order valence-electron chi connectivity index (χ0n) is 11.4. The highest BCUT2D eigenvalue weighted by Crippen LogP contribution is 2.35. The summed E-state index contributed by atoms with van der Waals surface area (Å²) in [5, 5.41) is 14.3. The molecule has 18 heavy (non-hydrogen) atoms. The quantitative estimate of drug-likeness (QED) is 0.650. The number of amides is 2. The van der Waals surface area contributed by atoms with Crippen LogP contribution in [0, 0.1) is 17.8 Å². The summed E-state index contributed by atoms with van der Waals surface area (Å²) in [5.41, 5.74) is 0. The van der Waals surface area contributed by atoms with Gasteiger partial charge in [0.2, 0.25) is 0 Å². The molecule has 0 radical (unpaired) electrons. The zero-order valence-corrected chi connectivity index (χ0v) is 11.4. The Morgan fingerprint density at radius 3 is 2.39 bits per heavy atom. The Labute approximate surface area is 108 Å². The van der Waals surface area contributed by atoms with Crippen LogP contribution in [0.3, 0.4) is 0 Å². The van der Waals surface area contributed by atoms with E-state index < -0.39 is 12.0 Å². The van der Waals surface area contributed by atoms with Gasteiger partial charge >= 0.3 is 12.0 Å². The molecule has 0 heterocycles. The standard InChI is InChI=1S/C13H24N2O3/c1-4-8(2)11(12(16)17)15-13(18)14-7-9(3)10-5-6-10/h8-11H,4-7H2,1-3H3,(H,16,17)(H2,14,15,18). The first kappa shape index (κ1) is 14.8. The number of nitrogens with one attached hydrogen (secondary N) is 2. The number of urea groups is 1. The summed E-state index contributed by atoms with van der Waals surface area (Å²) in [4.78, 5) is 22.7. The molecule has 0 bridgehead atoms. The monoisotopic (exact) mass is 256 g/mol. The molecule has 5 heteroatoms. The van der Waals surface area contributed by atoms with E-state index in [1.807, 2.05) is 13.8 Å². The molecule has 1 fully saturated rings. The first-order chi connectivity index (χ1) is 8.45. The minimum atomic E-state index is -0.977. The maximum absolute atomic E-state index is 11.6. The molecule has 0 aromatic rings. The van der Waals surface area contributed by atoms with Crippen molar-refractivity contribution >= 4 is 12.0 Å². The van der Waals surface area contributed by atoms with Crippen LogP contribution < -0.4 is 10.6 Å². The highest BCUT2D eigenvalue weighted by atomic mass is 16.4. The van der Waals surface area contributed by atoms with Gasteiger partial charge in [0.25, 0.3) is 0 Å². The van der Waals surface area contributed by atoms with Gasteiger partial charge in [-0.2, -0.15) is 0 Å². The Balaban J connectivity index is 2.33. The van der Waals surface area contributed by atoms with Gasteiger partial charge in [-0.1, -0.05) is 27.2 Å². The van der Waals surface area contributed by atoms with Gasteiger partial charge in [0.05, 0.1) is 0 Å². The third-order valence-electron chi connectivity index (χ3n) is 3.78. The number of aliphatic carboxylic acids is 1. The summed E-state index contributed by atoms with van der Waals surface area (Å²) in [6.45, 7) is 6.46. The second-order valence-electron chi connectivity index (χ2n) is 5.37. The lowest BCUT2D eigenvalue weighted by Crippen LogP contribution is -2.49. The average Bonchev–Trinajstić information content (AvgIpc) is 3.15. The smallest absolute Gasteiger partial charge is 0.326 e. The third-order valence-corrected chi connectivity index (χ3v) is 3.78. The summed E-state index contributed by atoms with van der Waals surface area (Å²) in [6, 6.07) is -1.19. The van der Waals surface area contributed by atoms with Gasteiger partial charge in [0.1, 0.15) is 6.04 Å². The van der Waals surface area contributed by atoms with Crippen LogP contribution in [0.25, 0.3) is 0 Å². The van der Waals surface area contributed by atoms with Gasteiger partial charge in [-0.3, -0.25) is 0 Å². The van der Waals surface area contributed by atoms with Crippen LogP contribution in [-0.2, 0) is 4.79 Å². The second kappa shape index (κ2) is 6.61. The number of carbonyl (C=O) groups excluding carboxylic acids is 1. The fourth-order valence-corrected chi connectivity index (χ4v) is 1.96. The predicted molar refractivity (Wildman–Crippen MR) is 69.3 cm³/mol. The van der Waals surface area contributed by atoms with E-state index in [-0.39, 0.29) is 11.9 Å². The van der Waals surface area contributed by atoms with Crippen LogP contribution in [0.15, 0.2) is 0 Å². The van der Waals surface area contributed by atoms with E-state index in [1.54, 1.807) is 0 Å². The number of carboxylic acid groups (broad SMARTS) is 1. The van der Waals surface area contributed by atoms with Crippen molar-refractivity contribution in [3.8, 4) is 0 Å². The van der Waals surface area contributed by atoms with Crippen LogP contribution in [0.5, 0.6) is 0 Å². The van der Waals surface area contributed by atoms with Crippen molar-refractivity contribution in [3.63, 3.8) is 0 Å². The van der Waals surface area contributed by atoms with Crippen LogP contribution >= 0.6 is 0 Å². The Hall–Kier alpha value is -1.26. The maximum atomic E-state index is 11.6.